The van der Waals surface area contributed by atoms with Crippen molar-refractivity contribution in [2.75, 3.05) is 5.32 Å². The maximum Gasteiger partial charge on any atom is 0.269 e. The average molecular weight is 397 g/mol. The molecule has 1 aliphatic rings. The molecular formula is C18H15N5O4S. The van der Waals surface area contributed by atoms with Gasteiger partial charge in [0.1, 0.15) is 5.25 Å². The van der Waals surface area contributed by atoms with Crippen LogP contribution >= 0.6 is 11.8 Å². The number of carbonyl (C=O) groups is 2. The van der Waals surface area contributed by atoms with Gasteiger partial charge in [-0.05, 0) is 17.7 Å². The van der Waals surface area contributed by atoms with Crippen LogP contribution in [-0.4, -0.2) is 33.4 Å². The van der Waals surface area contributed by atoms with E-state index in [2.05, 4.69) is 20.8 Å². The Kier molecular flexibility index (Phi) is 6.12. The number of benzene rings is 2. The first kappa shape index (κ1) is 19.2. The fourth-order valence-electron chi connectivity index (χ4n) is 2.32. The molecule has 2 N–H and O–H groups in total. The number of thioether (sulfide) groups is 1. The van der Waals surface area contributed by atoms with E-state index in [1.54, 1.807) is 6.21 Å². The second-order valence-electron chi connectivity index (χ2n) is 5.71. The lowest BCUT2D eigenvalue weighted by atomic mass is 10.2. The largest absolute Gasteiger partial charge is 0.326 e. The molecule has 0 radical (unpaired) electrons. The zero-order chi connectivity index (χ0) is 19.9. The van der Waals surface area contributed by atoms with E-state index < -0.39 is 10.2 Å². The summed E-state index contributed by atoms with van der Waals surface area (Å²) in [5.74, 6) is -0.701. The lowest BCUT2D eigenvalue weighted by molar-refractivity contribution is -0.384. The van der Waals surface area contributed by atoms with Gasteiger partial charge in [-0.1, -0.05) is 42.1 Å². The standard InChI is InChI=1S/C18H15N5O4S/c24-16(20-13-6-8-14(9-7-13)23(26)27)10-15-17(25)21-18(28-15)22-19-11-12-4-2-1-3-5-12/h1-9,11,15H,10H2,(H,20,24)(H,21,22,25)/b19-11+. The molecule has 0 saturated carbocycles. The molecule has 1 heterocycles. The highest BCUT2D eigenvalue weighted by Gasteiger charge is 2.32. The summed E-state index contributed by atoms with van der Waals surface area (Å²) in [7, 11) is 0. The number of amidine groups is 1. The van der Waals surface area contributed by atoms with E-state index in [0.717, 1.165) is 17.3 Å². The van der Waals surface area contributed by atoms with Crippen molar-refractivity contribution in [3.63, 3.8) is 0 Å². The number of nitro benzene ring substituents is 1. The van der Waals surface area contributed by atoms with Crippen molar-refractivity contribution in [1.29, 1.82) is 0 Å². The monoisotopic (exact) mass is 397 g/mol. The van der Waals surface area contributed by atoms with Crippen LogP contribution in [0.3, 0.4) is 0 Å². The number of nitro groups is 1. The third kappa shape index (κ3) is 5.24. The SMILES string of the molecule is O=C(CC1S/C(=N/N=C/c2ccccc2)NC1=O)Nc1ccc([N+](=O)[O-])cc1. The molecule has 1 fully saturated rings. The number of anilines is 1. The first-order chi connectivity index (χ1) is 13.5. The number of amides is 2. The minimum absolute atomic E-state index is 0.0606. The lowest BCUT2D eigenvalue weighted by Crippen LogP contribution is -2.28. The number of hydrogen-bond acceptors (Lipinski definition) is 7. The first-order valence-electron chi connectivity index (χ1n) is 8.19. The fourth-order valence-corrected chi connectivity index (χ4v) is 3.24. The molecular weight excluding hydrogens is 382 g/mol. The van der Waals surface area contributed by atoms with E-state index in [1.807, 2.05) is 30.3 Å². The van der Waals surface area contributed by atoms with Gasteiger partial charge in [-0.2, -0.15) is 5.10 Å². The van der Waals surface area contributed by atoms with Crippen LogP contribution in [0, 0.1) is 10.1 Å². The highest BCUT2D eigenvalue weighted by Crippen LogP contribution is 2.23. The van der Waals surface area contributed by atoms with Crippen molar-refractivity contribution < 1.29 is 14.5 Å². The predicted octanol–water partition coefficient (Wildman–Crippen LogP) is 2.55. The van der Waals surface area contributed by atoms with Crippen LogP contribution in [0.4, 0.5) is 11.4 Å². The van der Waals surface area contributed by atoms with Crippen molar-refractivity contribution in [3.05, 3.63) is 70.3 Å². The van der Waals surface area contributed by atoms with Crippen LogP contribution in [0.15, 0.2) is 64.8 Å². The molecule has 1 atom stereocenters. The predicted molar refractivity (Wildman–Crippen MR) is 107 cm³/mol. The van der Waals surface area contributed by atoms with E-state index >= 15 is 0 Å². The minimum Gasteiger partial charge on any atom is -0.326 e. The van der Waals surface area contributed by atoms with E-state index in [-0.39, 0.29) is 23.9 Å². The van der Waals surface area contributed by atoms with Crippen molar-refractivity contribution in [2.24, 2.45) is 10.2 Å². The summed E-state index contributed by atoms with van der Waals surface area (Å²) in [6, 6.07) is 14.8. The molecule has 0 spiro atoms. The summed E-state index contributed by atoms with van der Waals surface area (Å²) in [4.78, 5) is 34.3. The second-order valence-corrected chi connectivity index (χ2v) is 6.90. The molecule has 2 aromatic rings. The average Bonchev–Trinajstić information content (AvgIpc) is 3.02. The molecule has 2 amide bonds. The Bertz CT molecular complexity index is 944. The van der Waals surface area contributed by atoms with Gasteiger partial charge in [-0.15, -0.1) is 5.10 Å². The molecule has 1 saturated heterocycles. The summed E-state index contributed by atoms with van der Waals surface area (Å²) >= 11 is 1.12. The Hall–Kier alpha value is -3.53. The molecule has 0 aliphatic carbocycles. The van der Waals surface area contributed by atoms with Gasteiger partial charge < -0.3 is 10.6 Å². The number of non-ortho nitro benzene ring substituents is 1. The summed E-state index contributed by atoms with van der Waals surface area (Å²) < 4.78 is 0. The summed E-state index contributed by atoms with van der Waals surface area (Å²) in [5.41, 5.74) is 1.22. The number of rotatable bonds is 6. The zero-order valence-electron chi connectivity index (χ0n) is 14.4. The second kappa shape index (κ2) is 8.91. The lowest BCUT2D eigenvalue weighted by Gasteiger charge is -2.07. The third-order valence-electron chi connectivity index (χ3n) is 3.66. The van der Waals surface area contributed by atoms with Gasteiger partial charge in [0.15, 0.2) is 5.17 Å². The maximum absolute atomic E-state index is 12.1. The van der Waals surface area contributed by atoms with Gasteiger partial charge in [-0.3, -0.25) is 19.7 Å². The Balaban J connectivity index is 1.53. The van der Waals surface area contributed by atoms with Crippen LogP contribution in [0.1, 0.15) is 12.0 Å². The number of nitrogens with zero attached hydrogens (tertiary/aromatic N) is 3. The molecule has 10 heteroatoms. The van der Waals surface area contributed by atoms with E-state index in [1.165, 1.54) is 24.3 Å². The smallest absolute Gasteiger partial charge is 0.269 e. The number of carbonyl (C=O) groups excluding carboxylic acids is 2. The fraction of sp³-hybridized carbons (Fsp3) is 0.111. The highest BCUT2D eigenvalue weighted by atomic mass is 32.2. The molecule has 142 valence electrons. The van der Waals surface area contributed by atoms with Gasteiger partial charge >= 0.3 is 0 Å². The third-order valence-corrected chi connectivity index (χ3v) is 4.74. The zero-order valence-corrected chi connectivity index (χ0v) is 15.3. The van der Waals surface area contributed by atoms with Crippen molar-refractivity contribution in [2.45, 2.75) is 11.7 Å². The molecule has 1 aliphatic heterocycles. The highest BCUT2D eigenvalue weighted by molar-refractivity contribution is 8.15. The molecule has 2 aromatic carbocycles. The Labute approximate surface area is 164 Å². The molecule has 3 rings (SSSR count). The Morgan fingerprint density at radius 3 is 2.61 bits per heavy atom. The van der Waals surface area contributed by atoms with Crippen molar-refractivity contribution in [1.82, 2.24) is 5.32 Å². The van der Waals surface area contributed by atoms with Gasteiger partial charge in [-0.25, -0.2) is 0 Å². The van der Waals surface area contributed by atoms with Crippen LogP contribution in [-0.2, 0) is 9.59 Å². The van der Waals surface area contributed by atoms with Crippen molar-refractivity contribution in [3.8, 4) is 0 Å². The molecule has 28 heavy (non-hydrogen) atoms. The topological polar surface area (TPSA) is 126 Å². The van der Waals surface area contributed by atoms with Crippen LogP contribution in [0.25, 0.3) is 0 Å². The minimum atomic E-state index is -0.622. The number of nitrogens with one attached hydrogen (secondary N) is 2. The van der Waals surface area contributed by atoms with Crippen LogP contribution in [0.2, 0.25) is 0 Å². The Morgan fingerprint density at radius 1 is 1.21 bits per heavy atom. The van der Waals surface area contributed by atoms with Gasteiger partial charge in [0, 0.05) is 24.2 Å². The molecule has 0 bridgehead atoms. The normalized spacial score (nSPS) is 17.6. The van der Waals surface area contributed by atoms with Crippen LogP contribution in [0.5, 0.6) is 0 Å². The first-order valence-corrected chi connectivity index (χ1v) is 9.07. The van der Waals surface area contributed by atoms with Gasteiger partial charge in [0.05, 0.1) is 11.1 Å². The van der Waals surface area contributed by atoms with E-state index in [9.17, 15) is 19.7 Å². The van der Waals surface area contributed by atoms with E-state index in [0.29, 0.717) is 10.9 Å². The number of hydrogen-bond donors (Lipinski definition) is 2. The van der Waals surface area contributed by atoms with Crippen molar-refractivity contribution >= 4 is 46.3 Å². The molecule has 9 nitrogen and oxygen atoms in total. The molecule has 1 unspecified atom stereocenters. The quantitative estimate of drug-likeness (QED) is 0.440. The van der Waals surface area contributed by atoms with Gasteiger partial charge in [0.25, 0.3) is 5.69 Å². The summed E-state index contributed by atoms with van der Waals surface area (Å²) in [5, 5.41) is 23.4. The van der Waals surface area contributed by atoms with E-state index in [4.69, 9.17) is 0 Å². The maximum atomic E-state index is 12.1. The van der Waals surface area contributed by atoms with Crippen LogP contribution < -0.4 is 10.6 Å². The Morgan fingerprint density at radius 2 is 1.93 bits per heavy atom. The summed E-state index contributed by atoms with van der Waals surface area (Å²) in [6.45, 7) is 0. The molecule has 0 aromatic heterocycles. The van der Waals surface area contributed by atoms with Gasteiger partial charge in [0.2, 0.25) is 11.8 Å². The summed E-state index contributed by atoms with van der Waals surface area (Å²) in [6.07, 6.45) is 1.50.